The number of benzene rings is 2. The summed E-state index contributed by atoms with van der Waals surface area (Å²) in [7, 11) is -3.67. The Labute approximate surface area is 130 Å². The zero-order chi connectivity index (χ0) is 15.9. The Hall–Kier alpha value is -1.50. The molecule has 2 aromatic carbocycles. The van der Waals surface area contributed by atoms with E-state index in [1.165, 1.54) is 5.56 Å². The molecule has 1 atom stereocenters. The first-order chi connectivity index (χ1) is 9.75. The minimum Gasteiger partial charge on any atom is -0.508 e. The van der Waals surface area contributed by atoms with Crippen LogP contribution in [0.1, 0.15) is 16.4 Å². The van der Waals surface area contributed by atoms with Gasteiger partial charge in [-0.05, 0) is 29.7 Å². The van der Waals surface area contributed by atoms with E-state index in [1.807, 2.05) is 30.3 Å². The van der Waals surface area contributed by atoms with Crippen molar-refractivity contribution in [3.8, 4) is 5.75 Å². The Kier molecular flexibility index (Phi) is 6.74. The third-order valence-corrected chi connectivity index (χ3v) is 3.03. The predicted octanol–water partition coefficient (Wildman–Crippen LogP) is 3.11. The fourth-order valence-electron chi connectivity index (χ4n) is 1.65. The maximum atomic E-state index is 9.20. The molecule has 0 spiro atoms. The first kappa shape index (κ1) is 17.6. The number of hydrogen-bond acceptors (Lipinski definition) is 4. The molecular formula is C15H18O4S2. The summed E-state index contributed by atoms with van der Waals surface area (Å²) < 4.78 is 25.9. The monoisotopic (exact) mass is 326 g/mol. The van der Waals surface area contributed by atoms with Gasteiger partial charge in [-0.25, -0.2) is 0 Å². The highest BCUT2D eigenvalue weighted by Crippen LogP contribution is 2.25. The lowest BCUT2D eigenvalue weighted by molar-refractivity contribution is 0.475. The maximum absolute atomic E-state index is 9.20. The molecule has 21 heavy (non-hydrogen) atoms. The second-order valence-corrected chi connectivity index (χ2v) is 6.62. The summed E-state index contributed by atoms with van der Waals surface area (Å²) in [5.74, 6) is 0.295. The minimum absolute atomic E-state index is 0.169. The lowest BCUT2D eigenvalue weighted by Gasteiger charge is -2.11. The van der Waals surface area contributed by atoms with Crippen LogP contribution < -0.4 is 0 Å². The van der Waals surface area contributed by atoms with Crippen molar-refractivity contribution in [2.24, 2.45) is 0 Å². The van der Waals surface area contributed by atoms with E-state index in [0.717, 1.165) is 12.0 Å². The SMILES string of the molecule is CS(=O)(=O)O.Oc1ccc(C(S)Cc2ccccc2)cc1. The van der Waals surface area contributed by atoms with Crippen LogP contribution in [0.5, 0.6) is 5.75 Å². The molecule has 0 fully saturated rings. The van der Waals surface area contributed by atoms with E-state index in [4.69, 9.17) is 4.55 Å². The van der Waals surface area contributed by atoms with Crippen molar-refractivity contribution >= 4 is 22.7 Å². The summed E-state index contributed by atoms with van der Waals surface area (Å²) in [4.78, 5) is 0. The topological polar surface area (TPSA) is 74.6 Å². The molecule has 2 aromatic rings. The summed E-state index contributed by atoms with van der Waals surface area (Å²) >= 11 is 4.58. The van der Waals surface area contributed by atoms with E-state index in [9.17, 15) is 13.5 Å². The van der Waals surface area contributed by atoms with Crippen LogP contribution in [0.2, 0.25) is 0 Å². The lowest BCUT2D eigenvalue weighted by Crippen LogP contribution is -1.95. The van der Waals surface area contributed by atoms with Crippen LogP contribution >= 0.6 is 12.6 Å². The van der Waals surface area contributed by atoms with Crippen molar-refractivity contribution in [1.82, 2.24) is 0 Å². The van der Waals surface area contributed by atoms with Gasteiger partial charge in [-0.1, -0.05) is 42.5 Å². The van der Waals surface area contributed by atoms with Crippen molar-refractivity contribution in [1.29, 1.82) is 0 Å². The van der Waals surface area contributed by atoms with Crippen molar-refractivity contribution in [2.45, 2.75) is 11.7 Å². The van der Waals surface area contributed by atoms with Crippen LogP contribution in [0.15, 0.2) is 54.6 Å². The summed E-state index contributed by atoms with van der Waals surface area (Å²) in [6.07, 6.45) is 1.61. The molecular weight excluding hydrogens is 308 g/mol. The second-order valence-electron chi connectivity index (χ2n) is 4.53. The van der Waals surface area contributed by atoms with Gasteiger partial charge in [0.25, 0.3) is 10.1 Å². The van der Waals surface area contributed by atoms with Gasteiger partial charge >= 0.3 is 0 Å². The largest absolute Gasteiger partial charge is 0.508 e. The molecule has 0 saturated heterocycles. The molecule has 114 valence electrons. The number of hydrogen-bond donors (Lipinski definition) is 3. The molecule has 0 heterocycles. The Bertz CT molecular complexity index is 629. The quantitative estimate of drug-likeness (QED) is 0.598. The molecule has 0 bridgehead atoms. The van der Waals surface area contributed by atoms with E-state index in [-0.39, 0.29) is 5.25 Å². The smallest absolute Gasteiger partial charge is 0.261 e. The van der Waals surface area contributed by atoms with Gasteiger partial charge in [-0.15, -0.1) is 0 Å². The average molecular weight is 326 g/mol. The number of phenols is 1. The maximum Gasteiger partial charge on any atom is 0.261 e. The van der Waals surface area contributed by atoms with E-state index < -0.39 is 10.1 Å². The average Bonchev–Trinajstić information content (AvgIpc) is 2.38. The van der Waals surface area contributed by atoms with Crippen LogP contribution in [0.3, 0.4) is 0 Å². The van der Waals surface area contributed by atoms with Gasteiger partial charge in [0.1, 0.15) is 5.75 Å². The van der Waals surface area contributed by atoms with Crippen molar-refractivity contribution in [3.63, 3.8) is 0 Å². The van der Waals surface area contributed by atoms with Crippen LogP contribution in [-0.4, -0.2) is 24.3 Å². The zero-order valence-corrected chi connectivity index (χ0v) is 13.3. The number of aromatic hydroxyl groups is 1. The minimum atomic E-state index is -3.67. The Balaban J connectivity index is 0.000000383. The molecule has 0 saturated carbocycles. The van der Waals surface area contributed by atoms with E-state index >= 15 is 0 Å². The summed E-state index contributed by atoms with van der Waals surface area (Å²) in [6.45, 7) is 0. The molecule has 0 amide bonds. The third kappa shape index (κ3) is 8.39. The molecule has 0 radical (unpaired) electrons. The molecule has 6 heteroatoms. The Morgan fingerprint density at radius 2 is 1.52 bits per heavy atom. The normalized spacial score (nSPS) is 12.1. The summed E-state index contributed by atoms with van der Waals surface area (Å²) in [5.41, 5.74) is 2.40. The standard InChI is InChI=1S/C14H14OS.CH4O3S/c15-13-8-6-12(7-9-13)14(16)10-11-4-2-1-3-5-11;1-5(2,3)4/h1-9,14-16H,10H2;1H3,(H,2,3,4). The molecule has 1 unspecified atom stereocenters. The third-order valence-electron chi connectivity index (χ3n) is 2.55. The van der Waals surface area contributed by atoms with Gasteiger partial charge in [-0.2, -0.15) is 21.0 Å². The zero-order valence-electron chi connectivity index (χ0n) is 11.5. The Morgan fingerprint density at radius 3 is 2.00 bits per heavy atom. The number of thiol groups is 1. The van der Waals surface area contributed by atoms with Gasteiger partial charge < -0.3 is 5.11 Å². The van der Waals surface area contributed by atoms with Crippen LogP contribution in [0.25, 0.3) is 0 Å². The first-order valence-corrected chi connectivity index (χ1v) is 8.55. The van der Waals surface area contributed by atoms with Gasteiger partial charge in [0.15, 0.2) is 0 Å². The number of phenolic OH excluding ortho intramolecular Hbond substituents is 1. The van der Waals surface area contributed by atoms with Gasteiger partial charge in [0.2, 0.25) is 0 Å². The summed E-state index contributed by atoms with van der Waals surface area (Å²) in [6, 6.07) is 17.5. The van der Waals surface area contributed by atoms with Gasteiger partial charge in [0.05, 0.1) is 6.26 Å². The highest BCUT2D eigenvalue weighted by molar-refractivity contribution is 7.85. The molecule has 0 aliphatic rings. The predicted molar refractivity (Wildman–Crippen MR) is 87.5 cm³/mol. The van der Waals surface area contributed by atoms with Crippen molar-refractivity contribution in [2.75, 3.05) is 6.26 Å². The fourth-order valence-corrected chi connectivity index (χ4v) is 2.03. The molecule has 0 aromatic heterocycles. The highest BCUT2D eigenvalue weighted by atomic mass is 32.2. The fraction of sp³-hybridized carbons (Fsp3) is 0.200. The van der Waals surface area contributed by atoms with E-state index in [0.29, 0.717) is 12.0 Å². The van der Waals surface area contributed by atoms with Gasteiger partial charge in [0, 0.05) is 5.25 Å². The van der Waals surface area contributed by atoms with Crippen LogP contribution in [0, 0.1) is 0 Å². The van der Waals surface area contributed by atoms with E-state index in [2.05, 4.69) is 24.8 Å². The van der Waals surface area contributed by atoms with Gasteiger partial charge in [-0.3, -0.25) is 4.55 Å². The van der Waals surface area contributed by atoms with Crippen molar-refractivity contribution < 1.29 is 18.1 Å². The summed E-state index contributed by atoms with van der Waals surface area (Å²) in [5, 5.41) is 9.37. The second kappa shape index (κ2) is 8.07. The Morgan fingerprint density at radius 1 is 1.05 bits per heavy atom. The van der Waals surface area contributed by atoms with Crippen molar-refractivity contribution in [3.05, 3.63) is 65.7 Å². The molecule has 4 nitrogen and oxygen atoms in total. The molecule has 2 N–H and O–H groups in total. The van der Waals surface area contributed by atoms with Crippen LogP contribution in [-0.2, 0) is 16.5 Å². The van der Waals surface area contributed by atoms with Crippen LogP contribution in [0.4, 0.5) is 0 Å². The lowest BCUT2D eigenvalue weighted by atomic mass is 10.0. The molecule has 0 aliphatic carbocycles. The first-order valence-electron chi connectivity index (χ1n) is 6.19. The molecule has 0 aliphatic heterocycles. The number of rotatable bonds is 3. The highest BCUT2D eigenvalue weighted by Gasteiger charge is 2.06. The van der Waals surface area contributed by atoms with E-state index in [1.54, 1.807) is 12.1 Å². The molecule has 2 rings (SSSR count).